The zero-order valence-corrected chi connectivity index (χ0v) is 11.4. The summed E-state index contributed by atoms with van der Waals surface area (Å²) in [5.74, 6) is -0.486. The Labute approximate surface area is 120 Å². The summed E-state index contributed by atoms with van der Waals surface area (Å²) in [7, 11) is 0. The molecule has 4 nitrogen and oxygen atoms in total. The van der Waals surface area contributed by atoms with Crippen molar-refractivity contribution >= 4 is 23.0 Å². The lowest BCUT2D eigenvalue weighted by Gasteiger charge is -2.15. The van der Waals surface area contributed by atoms with Gasteiger partial charge in [-0.25, -0.2) is 4.39 Å². The molecule has 2 aromatic carbocycles. The summed E-state index contributed by atoms with van der Waals surface area (Å²) < 4.78 is 13.1. The normalized spacial score (nSPS) is 11.9. The number of benzene rings is 2. The van der Waals surface area contributed by atoms with Gasteiger partial charge in [0.25, 0.3) is 5.69 Å². The predicted octanol–water partition coefficient (Wildman–Crippen LogP) is 4.56. The highest BCUT2D eigenvalue weighted by molar-refractivity contribution is 6.31. The average Bonchev–Trinajstić information content (AvgIpc) is 2.43. The van der Waals surface area contributed by atoms with Gasteiger partial charge in [0.2, 0.25) is 0 Å². The SMILES string of the molecule is CC(Nc1ccc(F)c(Cl)c1)c1cccc([N+](=O)[O-])c1. The molecule has 0 heterocycles. The van der Waals surface area contributed by atoms with Crippen LogP contribution in [0.3, 0.4) is 0 Å². The van der Waals surface area contributed by atoms with E-state index in [1.165, 1.54) is 24.3 Å². The lowest BCUT2D eigenvalue weighted by molar-refractivity contribution is -0.384. The van der Waals surface area contributed by atoms with E-state index in [-0.39, 0.29) is 16.8 Å². The highest BCUT2D eigenvalue weighted by Crippen LogP contribution is 2.25. The number of hydrogen-bond acceptors (Lipinski definition) is 3. The topological polar surface area (TPSA) is 55.2 Å². The summed E-state index contributed by atoms with van der Waals surface area (Å²) >= 11 is 5.71. The Hall–Kier alpha value is -2.14. The minimum Gasteiger partial charge on any atom is -0.378 e. The quantitative estimate of drug-likeness (QED) is 0.664. The first kappa shape index (κ1) is 14.3. The zero-order chi connectivity index (χ0) is 14.7. The van der Waals surface area contributed by atoms with Crippen molar-refractivity contribution < 1.29 is 9.31 Å². The van der Waals surface area contributed by atoms with Crippen LogP contribution in [0.4, 0.5) is 15.8 Å². The van der Waals surface area contributed by atoms with E-state index in [0.29, 0.717) is 5.69 Å². The standard InChI is InChI=1S/C14H12ClFN2O2/c1-9(10-3-2-4-12(7-10)18(19)20)17-11-5-6-14(16)13(15)8-11/h2-9,17H,1H3. The van der Waals surface area contributed by atoms with Crippen LogP contribution in [0.15, 0.2) is 42.5 Å². The number of nitro groups is 1. The lowest BCUT2D eigenvalue weighted by atomic mass is 10.1. The fourth-order valence-electron chi connectivity index (χ4n) is 1.83. The summed E-state index contributed by atoms with van der Waals surface area (Å²) in [4.78, 5) is 10.3. The number of non-ortho nitro benzene ring substituents is 1. The van der Waals surface area contributed by atoms with Gasteiger partial charge < -0.3 is 5.32 Å². The van der Waals surface area contributed by atoms with Crippen LogP contribution < -0.4 is 5.32 Å². The molecule has 2 aromatic rings. The molecule has 1 N–H and O–H groups in total. The van der Waals surface area contributed by atoms with E-state index in [4.69, 9.17) is 11.6 Å². The van der Waals surface area contributed by atoms with Gasteiger partial charge in [-0.15, -0.1) is 0 Å². The summed E-state index contributed by atoms with van der Waals surface area (Å²) in [5, 5.41) is 13.9. The van der Waals surface area contributed by atoms with Crippen LogP contribution in [0.2, 0.25) is 5.02 Å². The van der Waals surface area contributed by atoms with Crippen molar-refractivity contribution in [2.75, 3.05) is 5.32 Å². The molecule has 0 aliphatic heterocycles. The van der Waals surface area contributed by atoms with Crippen LogP contribution in [0.25, 0.3) is 0 Å². The van der Waals surface area contributed by atoms with Gasteiger partial charge in [0.1, 0.15) is 5.82 Å². The minimum absolute atomic E-state index is 0.0289. The maximum Gasteiger partial charge on any atom is 0.269 e. The van der Waals surface area contributed by atoms with Gasteiger partial charge in [0.15, 0.2) is 0 Å². The van der Waals surface area contributed by atoms with Crippen molar-refractivity contribution in [3.05, 3.63) is 69.0 Å². The second-order valence-electron chi connectivity index (χ2n) is 4.35. The van der Waals surface area contributed by atoms with Gasteiger partial charge in [0, 0.05) is 23.9 Å². The van der Waals surface area contributed by atoms with E-state index in [0.717, 1.165) is 5.56 Å². The largest absolute Gasteiger partial charge is 0.378 e. The van der Waals surface area contributed by atoms with Crippen molar-refractivity contribution in [3.63, 3.8) is 0 Å². The number of nitro benzene ring substituents is 1. The number of hydrogen-bond donors (Lipinski definition) is 1. The number of anilines is 1. The molecular weight excluding hydrogens is 283 g/mol. The molecule has 0 aliphatic rings. The van der Waals surface area contributed by atoms with Crippen LogP contribution in [0, 0.1) is 15.9 Å². The number of halogens is 2. The molecule has 104 valence electrons. The third kappa shape index (κ3) is 3.24. The van der Waals surface area contributed by atoms with E-state index in [9.17, 15) is 14.5 Å². The van der Waals surface area contributed by atoms with E-state index < -0.39 is 10.7 Å². The molecule has 0 amide bonds. The zero-order valence-electron chi connectivity index (χ0n) is 10.6. The second-order valence-corrected chi connectivity index (χ2v) is 4.75. The molecule has 0 spiro atoms. The van der Waals surface area contributed by atoms with Crippen LogP contribution >= 0.6 is 11.6 Å². The third-order valence-electron chi connectivity index (χ3n) is 2.88. The summed E-state index contributed by atoms with van der Waals surface area (Å²) in [6.45, 7) is 1.86. The van der Waals surface area contributed by atoms with E-state index in [1.807, 2.05) is 6.92 Å². The Kier molecular flexibility index (Phi) is 4.20. The van der Waals surface area contributed by atoms with Crippen LogP contribution in [0.5, 0.6) is 0 Å². The smallest absolute Gasteiger partial charge is 0.269 e. The fourth-order valence-corrected chi connectivity index (χ4v) is 2.01. The van der Waals surface area contributed by atoms with Crippen molar-refractivity contribution in [1.82, 2.24) is 0 Å². The first-order valence-electron chi connectivity index (χ1n) is 5.93. The molecule has 1 atom stereocenters. The Morgan fingerprint density at radius 1 is 1.30 bits per heavy atom. The number of nitrogens with zero attached hydrogens (tertiary/aromatic N) is 1. The van der Waals surface area contributed by atoms with Gasteiger partial charge in [0.05, 0.1) is 9.95 Å². The molecule has 2 rings (SSSR count). The highest BCUT2D eigenvalue weighted by Gasteiger charge is 2.11. The summed E-state index contributed by atoms with van der Waals surface area (Å²) in [5.41, 5.74) is 1.45. The van der Waals surface area contributed by atoms with E-state index in [2.05, 4.69) is 5.32 Å². The maximum absolute atomic E-state index is 13.1. The van der Waals surface area contributed by atoms with Gasteiger partial charge in [-0.2, -0.15) is 0 Å². The highest BCUT2D eigenvalue weighted by atomic mass is 35.5. The molecule has 0 aromatic heterocycles. The molecule has 0 saturated carbocycles. The van der Waals surface area contributed by atoms with Crippen LogP contribution in [-0.4, -0.2) is 4.92 Å². The van der Waals surface area contributed by atoms with Crippen LogP contribution in [0.1, 0.15) is 18.5 Å². The van der Waals surface area contributed by atoms with Crippen molar-refractivity contribution in [2.45, 2.75) is 13.0 Å². The Morgan fingerprint density at radius 3 is 2.70 bits per heavy atom. The molecule has 0 fully saturated rings. The van der Waals surface area contributed by atoms with E-state index >= 15 is 0 Å². The predicted molar refractivity (Wildman–Crippen MR) is 76.5 cm³/mol. The van der Waals surface area contributed by atoms with Crippen molar-refractivity contribution in [3.8, 4) is 0 Å². The molecule has 0 saturated heterocycles. The molecule has 0 radical (unpaired) electrons. The summed E-state index contributed by atoms with van der Waals surface area (Å²) in [6, 6.07) is 10.5. The first-order valence-corrected chi connectivity index (χ1v) is 6.31. The van der Waals surface area contributed by atoms with Gasteiger partial charge in [-0.05, 0) is 30.7 Å². The van der Waals surface area contributed by atoms with Gasteiger partial charge >= 0.3 is 0 Å². The Balaban J connectivity index is 2.19. The first-order chi connectivity index (χ1) is 9.47. The minimum atomic E-state index is -0.486. The number of rotatable bonds is 4. The Morgan fingerprint density at radius 2 is 2.05 bits per heavy atom. The molecule has 20 heavy (non-hydrogen) atoms. The molecular formula is C14H12ClFN2O2. The maximum atomic E-state index is 13.1. The number of nitrogens with one attached hydrogen (secondary N) is 1. The van der Waals surface area contributed by atoms with Gasteiger partial charge in [-0.1, -0.05) is 23.7 Å². The molecule has 0 bridgehead atoms. The lowest BCUT2D eigenvalue weighted by Crippen LogP contribution is -2.07. The average molecular weight is 295 g/mol. The van der Waals surface area contributed by atoms with E-state index in [1.54, 1.807) is 18.2 Å². The van der Waals surface area contributed by atoms with Crippen LogP contribution in [-0.2, 0) is 0 Å². The van der Waals surface area contributed by atoms with Crippen molar-refractivity contribution in [2.24, 2.45) is 0 Å². The molecule has 1 unspecified atom stereocenters. The Bertz CT molecular complexity index is 649. The van der Waals surface area contributed by atoms with Gasteiger partial charge in [-0.3, -0.25) is 10.1 Å². The second kappa shape index (κ2) is 5.88. The van der Waals surface area contributed by atoms with Crippen molar-refractivity contribution in [1.29, 1.82) is 0 Å². The monoisotopic (exact) mass is 294 g/mol. The third-order valence-corrected chi connectivity index (χ3v) is 3.17. The fraction of sp³-hybridized carbons (Fsp3) is 0.143. The molecule has 6 heteroatoms. The summed E-state index contributed by atoms with van der Waals surface area (Å²) in [6.07, 6.45) is 0. The molecule has 0 aliphatic carbocycles.